The van der Waals surface area contributed by atoms with E-state index in [0.29, 0.717) is 0 Å². The van der Waals surface area contributed by atoms with Crippen molar-refractivity contribution in [1.29, 1.82) is 0 Å². The zero-order chi connectivity index (χ0) is 13.5. The Morgan fingerprint density at radius 2 is 1.79 bits per heavy atom. The molecule has 1 aromatic heterocycles. The Balaban J connectivity index is 1.84. The second kappa shape index (κ2) is 7.16. The third-order valence-electron chi connectivity index (χ3n) is 2.91. The molecule has 1 N–H and O–H groups in total. The fourth-order valence-corrected chi connectivity index (χ4v) is 2.57. The minimum Gasteiger partial charge on any atom is -0.497 e. The third-order valence-corrected chi connectivity index (χ3v) is 3.64. The Hall–Kier alpha value is -1.52. The lowest BCUT2D eigenvalue weighted by atomic mass is 10.2. The van der Waals surface area contributed by atoms with Crippen LogP contribution in [0, 0.1) is 0 Å². The van der Waals surface area contributed by atoms with Crippen molar-refractivity contribution < 1.29 is 9.47 Å². The topological polar surface area (TPSA) is 30.5 Å². The van der Waals surface area contributed by atoms with Crippen molar-refractivity contribution >= 4 is 11.3 Å². The van der Waals surface area contributed by atoms with Crippen LogP contribution in [0.5, 0.6) is 11.5 Å². The minimum absolute atomic E-state index is 0.817. The van der Waals surface area contributed by atoms with Gasteiger partial charge in [-0.05, 0) is 53.1 Å². The normalized spacial score (nSPS) is 10.4. The van der Waals surface area contributed by atoms with Crippen LogP contribution in [0.1, 0.15) is 11.1 Å². The molecular weight excluding hydrogens is 258 g/mol. The van der Waals surface area contributed by atoms with Crippen LogP contribution in [0.3, 0.4) is 0 Å². The maximum Gasteiger partial charge on any atom is 0.122 e. The van der Waals surface area contributed by atoms with Crippen molar-refractivity contribution in [3.8, 4) is 11.5 Å². The van der Waals surface area contributed by atoms with Crippen LogP contribution >= 0.6 is 11.3 Å². The summed E-state index contributed by atoms with van der Waals surface area (Å²) in [6, 6.07) is 8.11. The highest BCUT2D eigenvalue weighted by molar-refractivity contribution is 7.07. The molecule has 0 fully saturated rings. The first kappa shape index (κ1) is 13.9. The Bertz CT molecular complexity index is 475. The maximum absolute atomic E-state index is 5.26. The lowest BCUT2D eigenvalue weighted by molar-refractivity contribution is 0.393. The van der Waals surface area contributed by atoms with Gasteiger partial charge in [0.2, 0.25) is 0 Å². The van der Waals surface area contributed by atoms with Crippen molar-refractivity contribution in [3.05, 3.63) is 46.2 Å². The van der Waals surface area contributed by atoms with Crippen molar-refractivity contribution in [3.63, 3.8) is 0 Å². The molecule has 0 aliphatic carbocycles. The van der Waals surface area contributed by atoms with E-state index in [2.05, 4.69) is 22.1 Å². The molecule has 19 heavy (non-hydrogen) atoms. The van der Waals surface area contributed by atoms with Gasteiger partial charge < -0.3 is 14.8 Å². The predicted molar refractivity (Wildman–Crippen MR) is 79.3 cm³/mol. The molecule has 1 heterocycles. The maximum atomic E-state index is 5.26. The number of thiophene rings is 1. The van der Waals surface area contributed by atoms with Gasteiger partial charge in [0, 0.05) is 12.6 Å². The van der Waals surface area contributed by atoms with E-state index in [1.54, 1.807) is 25.6 Å². The van der Waals surface area contributed by atoms with E-state index >= 15 is 0 Å². The quantitative estimate of drug-likeness (QED) is 0.789. The SMILES string of the molecule is COc1cc(CNCCc2ccsc2)cc(OC)c1. The molecule has 0 atom stereocenters. The highest BCUT2D eigenvalue weighted by atomic mass is 32.1. The molecular formula is C15H19NO2S. The van der Waals surface area contributed by atoms with E-state index in [1.165, 1.54) is 11.1 Å². The number of nitrogens with one attached hydrogen (secondary N) is 1. The van der Waals surface area contributed by atoms with E-state index in [9.17, 15) is 0 Å². The van der Waals surface area contributed by atoms with Gasteiger partial charge in [-0.15, -0.1) is 0 Å². The number of hydrogen-bond acceptors (Lipinski definition) is 4. The van der Waals surface area contributed by atoms with E-state index in [4.69, 9.17) is 9.47 Å². The van der Waals surface area contributed by atoms with E-state index in [-0.39, 0.29) is 0 Å². The standard InChI is InChI=1S/C15H19NO2S/c1-17-14-7-13(8-15(9-14)18-2)10-16-5-3-12-4-6-19-11-12/h4,6-9,11,16H,3,5,10H2,1-2H3. The molecule has 0 saturated heterocycles. The molecule has 1 aromatic carbocycles. The van der Waals surface area contributed by atoms with E-state index in [1.807, 2.05) is 18.2 Å². The summed E-state index contributed by atoms with van der Waals surface area (Å²) in [5.74, 6) is 1.66. The van der Waals surface area contributed by atoms with Gasteiger partial charge in [-0.2, -0.15) is 11.3 Å². The number of methoxy groups -OCH3 is 2. The first-order valence-corrected chi connectivity index (χ1v) is 7.20. The van der Waals surface area contributed by atoms with Crippen LogP contribution in [0.2, 0.25) is 0 Å². The molecule has 0 amide bonds. The average Bonchev–Trinajstić information content (AvgIpc) is 2.96. The molecule has 3 nitrogen and oxygen atoms in total. The summed E-state index contributed by atoms with van der Waals surface area (Å²) in [4.78, 5) is 0. The molecule has 2 rings (SSSR count). The van der Waals surface area contributed by atoms with Crippen molar-refractivity contribution in [2.75, 3.05) is 20.8 Å². The molecule has 2 aromatic rings. The Labute approximate surface area is 118 Å². The highest BCUT2D eigenvalue weighted by Gasteiger charge is 2.01. The van der Waals surface area contributed by atoms with Crippen molar-refractivity contribution in [2.24, 2.45) is 0 Å². The molecule has 102 valence electrons. The van der Waals surface area contributed by atoms with Crippen LogP contribution in [-0.2, 0) is 13.0 Å². The van der Waals surface area contributed by atoms with Gasteiger partial charge >= 0.3 is 0 Å². The van der Waals surface area contributed by atoms with Crippen molar-refractivity contribution in [2.45, 2.75) is 13.0 Å². The fraction of sp³-hybridized carbons (Fsp3) is 0.333. The number of ether oxygens (including phenoxy) is 2. The molecule has 0 saturated carbocycles. The molecule has 0 aliphatic heterocycles. The zero-order valence-electron chi connectivity index (χ0n) is 11.3. The smallest absolute Gasteiger partial charge is 0.122 e. The summed E-state index contributed by atoms with van der Waals surface area (Å²) < 4.78 is 10.5. The van der Waals surface area contributed by atoms with E-state index < -0.39 is 0 Å². The van der Waals surface area contributed by atoms with Gasteiger partial charge in [0.15, 0.2) is 0 Å². The Kier molecular flexibility index (Phi) is 5.24. The molecule has 0 unspecified atom stereocenters. The van der Waals surface area contributed by atoms with Gasteiger partial charge in [-0.3, -0.25) is 0 Å². The second-order valence-corrected chi connectivity index (χ2v) is 5.06. The van der Waals surface area contributed by atoms with Gasteiger partial charge in [-0.25, -0.2) is 0 Å². The lowest BCUT2D eigenvalue weighted by Crippen LogP contribution is -2.16. The predicted octanol–water partition coefficient (Wildman–Crippen LogP) is 3.10. The number of benzene rings is 1. The summed E-state index contributed by atoms with van der Waals surface area (Å²) in [6.45, 7) is 1.79. The summed E-state index contributed by atoms with van der Waals surface area (Å²) in [5.41, 5.74) is 2.56. The first-order valence-electron chi connectivity index (χ1n) is 6.25. The second-order valence-electron chi connectivity index (χ2n) is 4.28. The summed E-state index contributed by atoms with van der Waals surface area (Å²) >= 11 is 1.74. The van der Waals surface area contributed by atoms with Crippen LogP contribution < -0.4 is 14.8 Å². The molecule has 0 bridgehead atoms. The zero-order valence-corrected chi connectivity index (χ0v) is 12.1. The number of hydrogen-bond donors (Lipinski definition) is 1. The van der Waals surface area contributed by atoms with Crippen molar-refractivity contribution in [1.82, 2.24) is 5.32 Å². The molecule has 0 radical (unpaired) electrons. The van der Waals surface area contributed by atoms with Crippen LogP contribution in [0.4, 0.5) is 0 Å². The summed E-state index contributed by atoms with van der Waals surface area (Å²) in [6.07, 6.45) is 1.06. The summed E-state index contributed by atoms with van der Waals surface area (Å²) in [7, 11) is 3.34. The van der Waals surface area contributed by atoms with Crippen LogP contribution in [0.25, 0.3) is 0 Å². The number of rotatable bonds is 7. The van der Waals surface area contributed by atoms with Crippen LogP contribution in [0.15, 0.2) is 35.0 Å². The van der Waals surface area contributed by atoms with Gasteiger partial charge in [0.1, 0.15) is 11.5 Å². The molecule has 0 aliphatic rings. The van der Waals surface area contributed by atoms with Gasteiger partial charge in [0.25, 0.3) is 0 Å². The largest absolute Gasteiger partial charge is 0.497 e. The molecule has 0 spiro atoms. The van der Waals surface area contributed by atoms with Gasteiger partial charge in [-0.1, -0.05) is 0 Å². The van der Waals surface area contributed by atoms with Crippen LogP contribution in [-0.4, -0.2) is 20.8 Å². The Morgan fingerprint density at radius 3 is 2.37 bits per heavy atom. The minimum atomic E-state index is 0.817. The van der Waals surface area contributed by atoms with Gasteiger partial charge in [0.05, 0.1) is 14.2 Å². The third kappa shape index (κ3) is 4.26. The summed E-state index contributed by atoms with van der Waals surface area (Å²) in [5, 5.41) is 7.74. The molecule has 4 heteroatoms. The van der Waals surface area contributed by atoms with E-state index in [0.717, 1.165) is 31.0 Å². The fourth-order valence-electron chi connectivity index (χ4n) is 1.87. The Morgan fingerprint density at radius 1 is 1.05 bits per heavy atom. The monoisotopic (exact) mass is 277 g/mol. The average molecular weight is 277 g/mol. The lowest BCUT2D eigenvalue weighted by Gasteiger charge is -2.09. The first-order chi connectivity index (χ1) is 9.31. The highest BCUT2D eigenvalue weighted by Crippen LogP contribution is 2.22.